The van der Waals surface area contributed by atoms with Crippen molar-refractivity contribution in [3.8, 4) is 6.07 Å². The van der Waals surface area contributed by atoms with Gasteiger partial charge in [0, 0.05) is 26.3 Å². The zero-order valence-electron chi connectivity index (χ0n) is 12.8. The molecule has 1 aromatic rings. The van der Waals surface area contributed by atoms with E-state index in [4.69, 9.17) is 31.4 Å². The van der Waals surface area contributed by atoms with Gasteiger partial charge in [-0.25, -0.2) is 0 Å². The number of hydrogen-bond acceptors (Lipinski definition) is 5. The van der Waals surface area contributed by atoms with Crippen LogP contribution in [-0.4, -0.2) is 49.7 Å². The van der Waals surface area contributed by atoms with Crippen LogP contribution in [-0.2, 0) is 9.47 Å². The van der Waals surface area contributed by atoms with Crippen molar-refractivity contribution in [1.82, 2.24) is 5.01 Å². The molecule has 116 valence electrons. The molecule has 2 aliphatic rings. The van der Waals surface area contributed by atoms with Crippen molar-refractivity contribution in [3.63, 3.8) is 0 Å². The van der Waals surface area contributed by atoms with Crippen LogP contribution >= 0.6 is 11.6 Å². The minimum absolute atomic E-state index is 0.0961. The van der Waals surface area contributed by atoms with E-state index in [-0.39, 0.29) is 18.2 Å². The summed E-state index contributed by atoms with van der Waals surface area (Å²) in [6, 6.07) is 5.83. The Morgan fingerprint density at radius 1 is 1.36 bits per heavy atom. The minimum Gasteiger partial charge on any atom is -0.379 e. The van der Waals surface area contributed by atoms with Crippen LogP contribution in [0.5, 0.6) is 0 Å². The molecule has 1 saturated heterocycles. The van der Waals surface area contributed by atoms with E-state index in [0.717, 1.165) is 29.8 Å². The van der Waals surface area contributed by atoms with Crippen molar-refractivity contribution < 1.29 is 9.47 Å². The van der Waals surface area contributed by atoms with Gasteiger partial charge >= 0.3 is 0 Å². The highest BCUT2D eigenvalue weighted by Crippen LogP contribution is 2.34. The highest BCUT2D eigenvalue weighted by molar-refractivity contribution is 6.33. The second-order valence-corrected chi connectivity index (χ2v) is 5.95. The Morgan fingerprint density at radius 2 is 2.14 bits per heavy atom. The zero-order valence-corrected chi connectivity index (χ0v) is 13.6. The Bertz CT molecular complexity index is 668. The van der Waals surface area contributed by atoms with E-state index in [2.05, 4.69) is 6.07 Å². The number of halogens is 1. The molecule has 5 nitrogen and oxygen atoms in total. The number of rotatable bonds is 3. The lowest BCUT2D eigenvalue weighted by molar-refractivity contribution is 0.0153. The van der Waals surface area contributed by atoms with Crippen molar-refractivity contribution in [2.45, 2.75) is 31.6 Å². The fourth-order valence-electron chi connectivity index (χ4n) is 3.36. The summed E-state index contributed by atoms with van der Waals surface area (Å²) in [6.07, 6.45) is 0.903. The van der Waals surface area contributed by atoms with Crippen molar-refractivity contribution in [1.29, 1.82) is 5.26 Å². The first-order chi connectivity index (χ1) is 10.6. The number of fused-ring (bicyclic) bond motifs is 1. The van der Waals surface area contributed by atoms with Gasteiger partial charge in [0.25, 0.3) is 0 Å². The van der Waals surface area contributed by atoms with Crippen LogP contribution in [0.2, 0.25) is 5.02 Å². The molecule has 0 unspecified atom stereocenters. The fourth-order valence-corrected chi connectivity index (χ4v) is 3.57. The van der Waals surface area contributed by atoms with Gasteiger partial charge in [0.2, 0.25) is 0 Å². The van der Waals surface area contributed by atoms with Gasteiger partial charge in [-0.1, -0.05) is 17.7 Å². The van der Waals surface area contributed by atoms with E-state index in [1.165, 1.54) is 0 Å². The highest BCUT2D eigenvalue weighted by Gasteiger charge is 2.47. The Balaban J connectivity index is 2.03. The molecule has 0 spiro atoms. The molecule has 0 amide bonds. The van der Waals surface area contributed by atoms with Gasteiger partial charge in [0.15, 0.2) is 0 Å². The van der Waals surface area contributed by atoms with Crippen molar-refractivity contribution in [3.05, 3.63) is 33.8 Å². The maximum absolute atomic E-state index is 9.08. The predicted molar refractivity (Wildman–Crippen MR) is 84.1 cm³/mol. The molecule has 1 fully saturated rings. The standard InChI is InChI=1S/C16H18ClN3O2/c1-9-11(5-4-10(8-18)13(9)17)14-16(22-3)15-12(21-2)6-7-20(15)19-14/h4-5,12,15-16H,6-7H2,1-3H3/t12-,15-,16+/m0/s1. The normalized spacial score (nSPS) is 26.8. The summed E-state index contributed by atoms with van der Waals surface area (Å²) < 4.78 is 11.3. The summed E-state index contributed by atoms with van der Waals surface area (Å²) in [5, 5.41) is 16.3. The van der Waals surface area contributed by atoms with Gasteiger partial charge < -0.3 is 9.47 Å². The lowest BCUT2D eigenvalue weighted by Gasteiger charge is -2.25. The van der Waals surface area contributed by atoms with E-state index < -0.39 is 0 Å². The zero-order chi connectivity index (χ0) is 15.9. The number of hydrogen-bond donors (Lipinski definition) is 0. The maximum atomic E-state index is 9.08. The molecule has 6 heteroatoms. The van der Waals surface area contributed by atoms with Crippen molar-refractivity contribution in [2.24, 2.45) is 5.10 Å². The van der Waals surface area contributed by atoms with Crippen LogP contribution in [0.1, 0.15) is 23.1 Å². The average molecular weight is 320 g/mol. The predicted octanol–water partition coefficient (Wildman–Crippen LogP) is 2.34. The molecule has 0 saturated carbocycles. The summed E-state index contributed by atoms with van der Waals surface area (Å²) in [5.41, 5.74) is 3.13. The third kappa shape index (κ3) is 2.19. The molecule has 0 radical (unpaired) electrons. The van der Waals surface area contributed by atoms with E-state index in [9.17, 15) is 0 Å². The third-order valence-electron chi connectivity index (χ3n) is 4.52. The van der Waals surface area contributed by atoms with E-state index >= 15 is 0 Å². The number of benzene rings is 1. The molecule has 1 aromatic carbocycles. The lowest BCUT2D eigenvalue weighted by atomic mass is 9.94. The summed E-state index contributed by atoms with van der Waals surface area (Å²) in [4.78, 5) is 0. The first-order valence-electron chi connectivity index (χ1n) is 7.22. The van der Waals surface area contributed by atoms with Gasteiger partial charge in [-0.15, -0.1) is 0 Å². The van der Waals surface area contributed by atoms with Gasteiger partial charge in [-0.05, 0) is 25.0 Å². The molecule has 3 rings (SSSR count). The quantitative estimate of drug-likeness (QED) is 0.858. The molecular formula is C16H18ClN3O2. The van der Waals surface area contributed by atoms with Crippen LogP contribution in [0.4, 0.5) is 0 Å². The Hall–Kier alpha value is -1.61. The van der Waals surface area contributed by atoms with Crippen molar-refractivity contribution in [2.75, 3.05) is 20.8 Å². The number of ether oxygens (including phenoxy) is 2. The summed E-state index contributed by atoms with van der Waals surface area (Å²) in [7, 11) is 3.41. The molecule has 0 bridgehead atoms. The van der Waals surface area contributed by atoms with Gasteiger partial charge in [0.05, 0.1) is 22.4 Å². The lowest BCUT2D eigenvalue weighted by Crippen LogP contribution is -2.42. The SMILES string of the molecule is CO[C@H]1CCN2N=C(c3ccc(C#N)c(Cl)c3C)[C@@H](OC)[C@H]12. The summed E-state index contributed by atoms with van der Waals surface area (Å²) in [5.74, 6) is 0. The van der Waals surface area contributed by atoms with E-state index in [1.54, 1.807) is 20.3 Å². The highest BCUT2D eigenvalue weighted by atomic mass is 35.5. The molecule has 0 aromatic heterocycles. The molecular weight excluding hydrogens is 302 g/mol. The van der Waals surface area contributed by atoms with Crippen LogP contribution in [0.3, 0.4) is 0 Å². The molecule has 3 atom stereocenters. The number of methoxy groups -OCH3 is 2. The fraction of sp³-hybridized carbons (Fsp3) is 0.500. The van der Waals surface area contributed by atoms with Crippen molar-refractivity contribution >= 4 is 17.3 Å². The van der Waals surface area contributed by atoms with Gasteiger partial charge in [0.1, 0.15) is 18.2 Å². The monoisotopic (exact) mass is 319 g/mol. The molecule has 0 aliphatic carbocycles. The number of nitriles is 1. The summed E-state index contributed by atoms with van der Waals surface area (Å²) >= 11 is 6.29. The molecule has 2 heterocycles. The second-order valence-electron chi connectivity index (χ2n) is 5.57. The summed E-state index contributed by atoms with van der Waals surface area (Å²) in [6.45, 7) is 2.76. The van der Waals surface area contributed by atoms with E-state index in [0.29, 0.717) is 10.6 Å². The molecule has 22 heavy (non-hydrogen) atoms. The first kappa shape index (κ1) is 15.3. The Kier molecular flexibility index (Phi) is 4.09. The Labute approximate surface area is 135 Å². The van der Waals surface area contributed by atoms with Crippen LogP contribution in [0.15, 0.2) is 17.2 Å². The minimum atomic E-state index is -0.157. The van der Waals surface area contributed by atoms with Crippen LogP contribution in [0, 0.1) is 18.3 Å². The van der Waals surface area contributed by atoms with Crippen LogP contribution < -0.4 is 0 Å². The maximum Gasteiger partial charge on any atom is 0.126 e. The smallest absolute Gasteiger partial charge is 0.126 e. The number of nitrogens with zero attached hydrogens (tertiary/aromatic N) is 3. The topological polar surface area (TPSA) is 57.8 Å². The average Bonchev–Trinajstić information content (AvgIpc) is 3.08. The van der Waals surface area contributed by atoms with Crippen LogP contribution in [0.25, 0.3) is 0 Å². The molecule has 0 N–H and O–H groups in total. The largest absolute Gasteiger partial charge is 0.379 e. The third-order valence-corrected chi connectivity index (χ3v) is 5.01. The molecule has 2 aliphatic heterocycles. The van der Waals surface area contributed by atoms with Gasteiger partial charge in [-0.3, -0.25) is 5.01 Å². The number of hydrazone groups is 1. The first-order valence-corrected chi connectivity index (χ1v) is 7.60. The Morgan fingerprint density at radius 3 is 2.77 bits per heavy atom. The second kappa shape index (κ2) is 5.88. The van der Waals surface area contributed by atoms with E-state index in [1.807, 2.05) is 18.0 Å². The van der Waals surface area contributed by atoms with Gasteiger partial charge in [-0.2, -0.15) is 10.4 Å².